The van der Waals surface area contributed by atoms with E-state index in [0.29, 0.717) is 18.3 Å². The summed E-state index contributed by atoms with van der Waals surface area (Å²) in [7, 11) is 0. The molecule has 0 saturated carbocycles. The lowest BCUT2D eigenvalue weighted by Gasteiger charge is -2.03. The second-order valence-corrected chi connectivity index (χ2v) is 3.87. The summed E-state index contributed by atoms with van der Waals surface area (Å²) in [6, 6.07) is 9.73. The molecule has 0 amide bonds. The molecule has 0 spiro atoms. The predicted octanol–water partition coefficient (Wildman–Crippen LogP) is 2.94. The molecule has 0 radical (unpaired) electrons. The highest BCUT2D eigenvalue weighted by Gasteiger charge is 2.17. The van der Waals surface area contributed by atoms with E-state index in [1.807, 2.05) is 41.8 Å². The Morgan fingerprint density at radius 3 is 2.47 bits per heavy atom. The molecule has 0 aliphatic heterocycles. The minimum atomic E-state index is -0.299. The molecule has 1 aromatic carbocycles. The van der Waals surface area contributed by atoms with Gasteiger partial charge in [-0.2, -0.15) is 4.58 Å². The van der Waals surface area contributed by atoms with Crippen LogP contribution < -0.4 is 0 Å². The zero-order valence-corrected chi connectivity index (χ0v) is 10.9. The fourth-order valence-corrected chi connectivity index (χ4v) is 1.85. The maximum atomic E-state index is 11.4. The van der Waals surface area contributed by atoms with Crippen molar-refractivity contribution in [1.82, 2.24) is 0 Å². The minimum Gasteiger partial charge on any atom is -0.466 e. The van der Waals surface area contributed by atoms with Crippen LogP contribution in [0.4, 0.5) is 5.69 Å². The summed E-state index contributed by atoms with van der Waals surface area (Å²) >= 11 is 6.15. The van der Waals surface area contributed by atoms with Gasteiger partial charge < -0.3 is 4.74 Å². The number of esters is 1. The second kappa shape index (κ2) is 7.07. The highest BCUT2D eigenvalue weighted by Crippen LogP contribution is 2.13. The van der Waals surface area contributed by atoms with Crippen LogP contribution in [0.2, 0.25) is 0 Å². The first-order valence-electron chi connectivity index (χ1n) is 5.68. The van der Waals surface area contributed by atoms with Gasteiger partial charge in [0, 0.05) is 12.1 Å². The summed E-state index contributed by atoms with van der Waals surface area (Å²) in [4.78, 5) is 11.4. The van der Waals surface area contributed by atoms with E-state index < -0.39 is 0 Å². The fraction of sp³-hybridized carbons (Fsp3) is 0.385. The first-order valence-corrected chi connectivity index (χ1v) is 6.06. The third-order valence-electron chi connectivity index (χ3n) is 2.27. The average Bonchev–Trinajstić information content (AvgIpc) is 2.31. The molecule has 4 heteroatoms. The predicted molar refractivity (Wildman–Crippen MR) is 69.0 cm³/mol. The summed E-state index contributed by atoms with van der Waals surface area (Å²) < 4.78 is 6.76. The first kappa shape index (κ1) is 13.7. The Morgan fingerprint density at radius 1 is 1.29 bits per heavy atom. The van der Waals surface area contributed by atoms with E-state index in [0.717, 1.165) is 5.69 Å². The van der Waals surface area contributed by atoms with Gasteiger partial charge in [-0.3, -0.25) is 4.79 Å². The topological polar surface area (TPSA) is 29.3 Å². The molecule has 92 valence electrons. The third-order valence-corrected chi connectivity index (χ3v) is 2.61. The SMILES string of the molecule is CCOC(=O)CC(Cl)=[N+](CC)c1ccccc1. The lowest BCUT2D eigenvalue weighted by molar-refractivity contribution is -0.434. The van der Waals surface area contributed by atoms with E-state index in [-0.39, 0.29) is 12.4 Å². The molecule has 3 nitrogen and oxygen atoms in total. The normalized spacial score (nSPS) is 11.9. The number of nitrogens with zero attached hydrogens (tertiary/aromatic N) is 1. The van der Waals surface area contributed by atoms with E-state index in [2.05, 4.69) is 0 Å². The smallest absolute Gasteiger partial charge is 0.317 e. The van der Waals surface area contributed by atoms with Crippen LogP contribution in [0, 0.1) is 0 Å². The highest BCUT2D eigenvalue weighted by atomic mass is 35.5. The fourth-order valence-electron chi connectivity index (χ4n) is 1.53. The summed E-state index contributed by atoms with van der Waals surface area (Å²) in [6.07, 6.45) is 0.109. The van der Waals surface area contributed by atoms with Crippen LogP contribution in [0.3, 0.4) is 0 Å². The van der Waals surface area contributed by atoms with Gasteiger partial charge in [-0.15, -0.1) is 0 Å². The number of carbonyl (C=O) groups is 1. The van der Waals surface area contributed by atoms with Gasteiger partial charge in [0.05, 0.1) is 6.61 Å². The van der Waals surface area contributed by atoms with E-state index in [4.69, 9.17) is 16.3 Å². The Kier molecular flexibility index (Phi) is 5.70. The van der Waals surface area contributed by atoms with Crippen molar-refractivity contribution < 1.29 is 14.1 Å². The lowest BCUT2D eigenvalue weighted by atomic mass is 10.3. The monoisotopic (exact) mass is 254 g/mol. The standard InChI is InChI=1S/C13H17ClNO2/c1-3-15(11-8-6-5-7-9-11)12(14)10-13(16)17-4-2/h5-9H,3-4,10H2,1-2H3/q+1. The number of ether oxygens (including phenoxy) is 1. The van der Waals surface area contributed by atoms with Crippen LogP contribution in [0.25, 0.3) is 0 Å². The van der Waals surface area contributed by atoms with E-state index in [1.165, 1.54) is 0 Å². The number of hydrogen-bond donors (Lipinski definition) is 0. The van der Waals surface area contributed by atoms with Gasteiger partial charge in [-0.05, 0) is 25.4 Å². The highest BCUT2D eigenvalue weighted by molar-refractivity contribution is 6.65. The van der Waals surface area contributed by atoms with E-state index in [9.17, 15) is 4.79 Å². The van der Waals surface area contributed by atoms with Crippen molar-refractivity contribution in [3.8, 4) is 0 Å². The Bertz CT molecular complexity index is 401. The molecule has 17 heavy (non-hydrogen) atoms. The van der Waals surface area contributed by atoms with Crippen LogP contribution in [-0.4, -0.2) is 28.9 Å². The van der Waals surface area contributed by atoms with Crippen LogP contribution in [0.5, 0.6) is 0 Å². The average molecular weight is 255 g/mol. The number of carbonyl (C=O) groups excluding carboxylic acids is 1. The quantitative estimate of drug-likeness (QED) is 0.459. The number of rotatable bonds is 5. The van der Waals surface area contributed by atoms with Gasteiger partial charge in [-0.1, -0.05) is 18.2 Å². The Balaban J connectivity index is 2.88. The van der Waals surface area contributed by atoms with Crippen LogP contribution in [0.1, 0.15) is 20.3 Å². The maximum Gasteiger partial charge on any atom is 0.317 e. The number of para-hydroxylation sites is 1. The lowest BCUT2D eigenvalue weighted by Crippen LogP contribution is -2.17. The van der Waals surface area contributed by atoms with E-state index >= 15 is 0 Å². The van der Waals surface area contributed by atoms with Crippen molar-refractivity contribution in [2.24, 2.45) is 0 Å². The summed E-state index contributed by atoms with van der Waals surface area (Å²) in [5, 5.41) is 0.483. The van der Waals surface area contributed by atoms with Crippen molar-refractivity contribution in [1.29, 1.82) is 0 Å². The zero-order valence-electron chi connectivity index (χ0n) is 10.1. The summed E-state index contributed by atoms with van der Waals surface area (Å²) in [5.74, 6) is -0.299. The Labute approximate surface area is 107 Å². The van der Waals surface area contributed by atoms with Crippen molar-refractivity contribution in [2.75, 3.05) is 13.2 Å². The van der Waals surface area contributed by atoms with Gasteiger partial charge >= 0.3 is 5.97 Å². The molecule has 0 aliphatic rings. The molecule has 0 heterocycles. The van der Waals surface area contributed by atoms with Gasteiger partial charge in [0.1, 0.15) is 13.0 Å². The van der Waals surface area contributed by atoms with Gasteiger partial charge in [0.25, 0.3) is 5.17 Å². The van der Waals surface area contributed by atoms with Crippen molar-refractivity contribution in [3.63, 3.8) is 0 Å². The molecule has 1 rings (SSSR count). The molecular weight excluding hydrogens is 238 g/mol. The zero-order chi connectivity index (χ0) is 12.7. The molecular formula is C13H17ClNO2+. The van der Waals surface area contributed by atoms with E-state index in [1.54, 1.807) is 6.92 Å². The Hall–Kier alpha value is -1.35. The summed E-state index contributed by atoms with van der Waals surface area (Å²) in [6.45, 7) is 4.85. The molecule has 0 unspecified atom stereocenters. The molecule has 1 aromatic rings. The molecule has 0 N–H and O–H groups in total. The van der Waals surface area contributed by atoms with Gasteiger partial charge in [0.15, 0.2) is 0 Å². The molecule has 0 saturated heterocycles. The molecule has 0 aliphatic carbocycles. The minimum absolute atomic E-state index is 0.109. The maximum absolute atomic E-state index is 11.4. The number of hydrogen-bond acceptors (Lipinski definition) is 2. The number of halogens is 1. The van der Waals surface area contributed by atoms with Crippen LogP contribution in [-0.2, 0) is 9.53 Å². The van der Waals surface area contributed by atoms with Crippen LogP contribution >= 0.6 is 11.6 Å². The molecule has 0 bridgehead atoms. The third kappa shape index (κ3) is 4.19. The molecule has 0 atom stereocenters. The first-order chi connectivity index (χ1) is 8.19. The second-order valence-electron chi connectivity index (χ2n) is 3.44. The van der Waals surface area contributed by atoms with Gasteiger partial charge in [0.2, 0.25) is 5.69 Å². The number of benzene rings is 1. The van der Waals surface area contributed by atoms with Crippen molar-refractivity contribution >= 4 is 28.4 Å². The Morgan fingerprint density at radius 2 is 1.94 bits per heavy atom. The largest absolute Gasteiger partial charge is 0.466 e. The van der Waals surface area contributed by atoms with Gasteiger partial charge in [-0.25, -0.2) is 0 Å². The summed E-state index contributed by atoms with van der Waals surface area (Å²) in [5.41, 5.74) is 0.976. The van der Waals surface area contributed by atoms with Crippen LogP contribution in [0.15, 0.2) is 30.3 Å². The van der Waals surface area contributed by atoms with Crippen molar-refractivity contribution in [3.05, 3.63) is 30.3 Å². The molecule has 0 aromatic heterocycles. The van der Waals surface area contributed by atoms with Crippen molar-refractivity contribution in [2.45, 2.75) is 20.3 Å². The molecule has 0 fully saturated rings.